The molecule has 158 valence electrons. The monoisotopic (exact) mass is 398 g/mol. The number of anilines is 1. The number of hydrogen-bond donors (Lipinski definition) is 0. The summed E-state index contributed by atoms with van der Waals surface area (Å²) in [5, 5.41) is 4.18. The number of rotatable bonds is 6. The molecule has 2 aromatic heterocycles. The van der Waals surface area contributed by atoms with Gasteiger partial charge in [-0.25, -0.2) is 4.98 Å². The van der Waals surface area contributed by atoms with E-state index in [9.17, 15) is 0 Å². The van der Waals surface area contributed by atoms with Gasteiger partial charge in [-0.1, -0.05) is 25.9 Å². The van der Waals surface area contributed by atoms with E-state index in [0.717, 1.165) is 69.0 Å². The van der Waals surface area contributed by atoms with Crippen molar-refractivity contribution in [3.63, 3.8) is 0 Å². The van der Waals surface area contributed by atoms with Gasteiger partial charge < -0.3 is 14.3 Å². The van der Waals surface area contributed by atoms with Gasteiger partial charge >= 0.3 is 0 Å². The van der Waals surface area contributed by atoms with Crippen molar-refractivity contribution in [1.29, 1.82) is 0 Å². The van der Waals surface area contributed by atoms with Gasteiger partial charge in [0.1, 0.15) is 5.82 Å². The fourth-order valence-corrected chi connectivity index (χ4v) is 4.38. The molecule has 0 saturated carbocycles. The lowest BCUT2D eigenvalue weighted by atomic mass is 10.0. The van der Waals surface area contributed by atoms with Gasteiger partial charge in [-0.3, -0.25) is 4.90 Å². The summed E-state index contributed by atoms with van der Waals surface area (Å²) in [5.74, 6) is 3.81. The summed E-state index contributed by atoms with van der Waals surface area (Å²) in [6.45, 7) is 15.3. The molecule has 0 spiro atoms. The van der Waals surface area contributed by atoms with Crippen LogP contribution in [0.15, 0.2) is 22.9 Å². The first-order chi connectivity index (χ1) is 14.1. The molecule has 2 saturated heterocycles. The highest BCUT2D eigenvalue weighted by molar-refractivity contribution is 5.55. The highest BCUT2D eigenvalue weighted by Gasteiger charge is 2.21. The van der Waals surface area contributed by atoms with Crippen LogP contribution in [0.2, 0.25) is 0 Å². The van der Waals surface area contributed by atoms with Crippen LogP contribution in [0.4, 0.5) is 5.82 Å². The van der Waals surface area contributed by atoms with E-state index in [0.29, 0.717) is 11.7 Å². The quantitative estimate of drug-likeness (QED) is 0.741. The molecule has 0 amide bonds. The minimum absolute atomic E-state index is 0.629. The van der Waals surface area contributed by atoms with Gasteiger partial charge in [-0.05, 0) is 36.8 Å². The molecule has 4 rings (SSSR count). The van der Waals surface area contributed by atoms with Gasteiger partial charge in [0.25, 0.3) is 0 Å². The van der Waals surface area contributed by atoms with E-state index in [1.165, 1.54) is 19.4 Å². The molecular weight excluding hydrogens is 364 g/mol. The predicted molar refractivity (Wildman–Crippen MR) is 115 cm³/mol. The van der Waals surface area contributed by atoms with E-state index in [1.54, 1.807) is 0 Å². The number of nitrogens with zero attached hydrogens (tertiary/aromatic N) is 6. The molecule has 2 fully saturated rings. The lowest BCUT2D eigenvalue weighted by Gasteiger charge is -2.34. The Morgan fingerprint density at radius 3 is 2.59 bits per heavy atom. The van der Waals surface area contributed by atoms with Gasteiger partial charge in [-0.2, -0.15) is 4.98 Å². The van der Waals surface area contributed by atoms with E-state index in [1.807, 2.05) is 6.20 Å². The third-order valence-electron chi connectivity index (χ3n) is 5.90. The van der Waals surface area contributed by atoms with E-state index < -0.39 is 0 Å². The average molecular weight is 399 g/mol. The molecule has 0 aliphatic carbocycles. The number of pyridine rings is 1. The Bertz CT molecular complexity index is 766. The number of aromatic nitrogens is 3. The molecule has 1 atom stereocenters. The van der Waals surface area contributed by atoms with Crippen molar-refractivity contribution in [2.24, 2.45) is 11.8 Å². The van der Waals surface area contributed by atoms with Gasteiger partial charge in [0.15, 0.2) is 0 Å². The summed E-state index contributed by atoms with van der Waals surface area (Å²) in [6.07, 6.45) is 4.42. The second-order valence-corrected chi connectivity index (χ2v) is 9.08. The molecule has 0 unspecified atom stereocenters. The lowest BCUT2D eigenvalue weighted by molar-refractivity contribution is 0.108. The van der Waals surface area contributed by atoms with Crippen LogP contribution in [-0.2, 0) is 6.54 Å². The highest BCUT2D eigenvalue weighted by atomic mass is 16.5. The molecule has 2 aromatic rings. The zero-order chi connectivity index (χ0) is 20.2. The zero-order valence-corrected chi connectivity index (χ0v) is 18.0. The Hall–Kier alpha value is -1.99. The van der Waals surface area contributed by atoms with Crippen LogP contribution >= 0.6 is 0 Å². The van der Waals surface area contributed by atoms with Gasteiger partial charge in [0, 0.05) is 57.6 Å². The van der Waals surface area contributed by atoms with Crippen molar-refractivity contribution >= 4 is 5.82 Å². The average Bonchev–Trinajstić information content (AvgIpc) is 3.18. The Labute approximate surface area is 174 Å². The van der Waals surface area contributed by atoms with Gasteiger partial charge in [0.2, 0.25) is 11.7 Å². The lowest BCUT2D eigenvalue weighted by Crippen LogP contribution is -2.46. The van der Waals surface area contributed by atoms with Crippen molar-refractivity contribution in [3.05, 3.63) is 24.2 Å². The Morgan fingerprint density at radius 2 is 1.90 bits per heavy atom. The molecule has 0 radical (unpaired) electrons. The summed E-state index contributed by atoms with van der Waals surface area (Å²) in [6, 6.07) is 4.14. The summed E-state index contributed by atoms with van der Waals surface area (Å²) in [5.41, 5.74) is 0.913. The first kappa shape index (κ1) is 20.3. The third-order valence-corrected chi connectivity index (χ3v) is 5.90. The summed E-state index contributed by atoms with van der Waals surface area (Å²) < 4.78 is 5.52. The third kappa shape index (κ3) is 5.34. The van der Waals surface area contributed by atoms with Crippen LogP contribution in [0, 0.1) is 11.8 Å². The molecule has 4 heterocycles. The van der Waals surface area contributed by atoms with E-state index in [2.05, 4.69) is 62.7 Å². The maximum atomic E-state index is 5.52. The van der Waals surface area contributed by atoms with Crippen LogP contribution < -0.4 is 4.90 Å². The van der Waals surface area contributed by atoms with Crippen LogP contribution in [0.25, 0.3) is 11.4 Å². The smallest absolute Gasteiger partial charge is 0.241 e. The van der Waals surface area contributed by atoms with Gasteiger partial charge in [-0.15, -0.1) is 0 Å². The maximum absolute atomic E-state index is 5.52. The number of piperidine rings is 1. The minimum Gasteiger partial charge on any atom is -0.356 e. The zero-order valence-electron chi connectivity index (χ0n) is 18.0. The first-order valence-electron chi connectivity index (χ1n) is 11.1. The summed E-state index contributed by atoms with van der Waals surface area (Å²) in [4.78, 5) is 16.6. The van der Waals surface area contributed by atoms with Crippen molar-refractivity contribution < 1.29 is 4.52 Å². The fraction of sp³-hybridized carbons (Fsp3) is 0.682. The van der Waals surface area contributed by atoms with Crippen LogP contribution in [0.3, 0.4) is 0 Å². The SMILES string of the molecule is CC(C)CN1CCN(Cc2nc(-c3ccc(N4CCC[C@H](C)C4)nc3)no2)CC1. The second-order valence-electron chi connectivity index (χ2n) is 9.08. The normalized spacial score (nSPS) is 21.8. The van der Waals surface area contributed by atoms with Crippen LogP contribution in [0.1, 0.15) is 39.5 Å². The predicted octanol–water partition coefficient (Wildman–Crippen LogP) is 3.14. The molecule has 7 nitrogen and oxygen atoms in total. The largest absolute Gasteiger partial charge is 0.356 e. The Morgan fingerprint density at radius 1 is 1.10 bits per heavy atom. The van der Waals surface area contributed by atoms with Crippen LogP contribution in [0.5, 0.6) is 0 Å². The van der Waals surface area contributed by atoms with Crippen molar-refractivity contribution in [3.8, 4) is 11.4 Å². The number of hydrogen-bond acceptors (Lipinski definition) is 7. The van der Waals surface area contributed by atoms with Crippen molar-refractivity contribution in [1.82, 2.24) is 24.9 Å². The molecule has 0 aromatic carbocycles. The minimum atomic E-state index is 0.629. The first-order valence-corrected chi connectivity index (χ1v) is 11.1. The maximum Gasteiger partial charge on any atom is 0.241 e. The molecule has 29 heavy (non-hydrogen) atoms. The standard InChI is InChI=1S/C22H34N6O/c1-17(2)14-26-9-11-27(12-10-26)16-21-24-22(25-29-21)19-6-7-20(23-13-19)28-8-4-5-18(3)15-28/h6-7,13,17-18H,4-5,8-12,14-16H2,1-3H3/t18-/m0/s1. The molecule has 7 heteroatoms. The van der Waals surface area contributed by atoms with Crippen molar-refractivity contribution in [2.75, 3.05) is 50.7 Å². The van der Waals surface area contributed by atoms with Crippen LogP contribution in [-0.4, -0.2) is 70.7 Å². The fourth-order valence-electron chi connectivity index (χ4n) is 4.38. The molecule has 2 aliphatic rings. The Kier molecular flexibility index (Phi) is 6.45. The highest BCUT2D eigenvalue weighted by Crippen LogP contribution is 2.23. The Balaban J connectivity index is 1.32. The van der Waals surface area contributed by atoms with E-state index in [4.69, 9.17) is 4.52 Å². The molecule has 0 N–H and O–H groups in total. The van der Waals surface area contributed by atoms with E-state index >= 15 is 0 Å². The van der Waals surface area contributed by atoms with Gasteiger partial charge in [0.05, 0.1) is 6.54 Å². The number of piperazine rings is 1. The second kappa shape index (κ2) is 9.22. The topological polar surface area (TPSA) is 61.5 Å². The summed E-state index contributed by atoms with van der Waals surface area (Å²) in [7, 11) is 0. The van der Waals surface area contributed by atoms with Crippen molar-refractivity contribution in [2.45, 2.75) is 40.2 Å². The molecule has 0 bridgehead atoms. The summed E-state index contributed by atoms with van der Waals surface area (Å²) >= 11 is 0. The molecule has 2 aliphatic heterocycles. The molecular formula is C22H34N6O. The van der Waals surface area contributed by atoms with E-state index in [-0.39, 0.29) is 0 Å².